The number of hydrogen-bond donors (Lipinski definition) is 1. The number of rotatable bonds is 3. The van der Waals surface area contributed by atoms with Crippen LogP contribution in [0.25, 0.3) is 22.0 Å². The van der Waals surface area contributed by atoms with Gasteiger partial charge < -0.3 is 9.67 Å². The number of carboxylic acids is 1. The summed E-state index contributed by atoms with van der Waals surface area (Å²) in [5.41, 5.74) is 1.61. The Labute approximate surface area is 131 Å². The third-order valence-electron chi connectivity index (χ3n) is 3.82. The second-order valence-electron chi connectivity index (χ2n) is 5.74. The Hall–Kier alpha value is -2.69. The zero-order chi connectivity index (χ0) is 16.7. The fourth-order valence-electron chi connectivity index (χ4n) is 2.78. The SMILES string of the molecule is CC(C)n1ccc2c(C(=O)O)cc(-c3cc(F)cc(F)c3)cc21. The van der Waals surface area contributed by atoms with Crippen LogP contribution < -0.4 is 0 Å². The van der Waals surface area contributed by atoms with Gasteiger partial charge in [0.15, 0.2) is 0 Å². The molecule has 3 aromatic rings. The maximum absolute atomic E-state index is 13.5. The highest BCUT2D eigenvalue weighted by Gasteiger charge is 2.16. The van der Waals surface area contributed by atoms with Gasteiger partial charge in [0.2, 0.25) is 0 Å². The highest BCUT2D eigenvalue weighted by molar-refractivity contribution is 6.05. The van der Waals surface area contributed by atoms with Crippen LogP contribution in [0, 0.1) is 11.6 Å². The molecule has 0 bridgehead atoms. The molecule has 0 fully saturated rings. The van der Waals surface area contributed by atoms with Crippen molar-refractivity contribution in [3.63, 3.8) is 0 Å². The lowest BCUT2D eigenvalue weighted by Gasteiger charge is -2.12. The molecule has 0 aliphatic carbocycles. The number of carbonyl (C=O) groups is 1. The zero-order valence-corrected chi connectivity index (χ0v) is 12.7. The Kier molecular flexibility index (Phi) is 3.64. The molecule has 1 heterocycles. The highest BCUT2D eigenvalue weighted by Crippen LogP contribution is 2.31. The van der Waals surface area contributed by atoms with Gasteiger partial charge in [-0.05, 0) is 55.3 Å². The van der Waals surface area contributed by atoms with Gasteiger partial charge in [0, 0.05) is 29.2 Å². The van der Waals surface area contributed by atoms with Crippen LogP contribution in [0.3, 0.4) is 0 Å². The van der Waals surface area contributed by atoms with Gasteiger partial charge in [-0.15, -0.1) is 0 Å². The van der Waals surface area contributed by atoms with Crippen molar-refractivity contribution in [1.82, 2.24) is 4.57 Å². The summed E-state index contributed by atoms with van der Waals surface area (Å²) in [4.78, 5) is 11.6. The minimum Gasteiger partial charge on any atom is -0.478 e. The van der Waals surface area contributed by atoms with E-state index in [4.69, 9.17) is 0 Å². The van der Waals surface area contributed by atoms with E-state index >= 15 is 0 Å². The van der Waals surface area contributed by atoms with Crippen LogP contribution in [0.1, 0.15) is 30.2 Å². The molecule has 1 aromatic heterocycles. The average molecular weight is 315 g/mol. The van der Waals surface area contributed by atoms with Gasteiger partial charge in [0.05, 0.1) is 5.56 Å². The molecule has 3 nitrogen and oxygen atoms in total. The van der Waals surface area contributed by atoms with Gasteiger partial charge in [0.25, 0.3) is 0 Å². The van der Waals surface area contributed by atoms with Crippen molar-refractivity contribution in [3.8, 4) is 11.1 Å². The predicted octanol–water partition coefficient (Wildman–Crippen LogP) is 4.87. The second kappa shape index (κ2) is 5.50. The molecular formula is C18H15F2NO2. The van der Waals surface area contributed by atoms with Crippen molar-refractivity contribution < 1.29 is 18.7 Å². The first-order valence-electron chi connectivity index (χ1n) is 7.21. The summed E-state index contributed by atoms with van der Waals surface area (Å²) in [6.07, 6.45) is 1.82. The fourth-order valence-corrected chi connectivity index (χ4v) is 2.78. The van der Waals surface area contributed by atoms with Crippen LogP contribution in [-0.4, -0.2) is 15.6 Å². The quantitative estimate of drug-likeness (QED) is 0.749. The third kappa shape index (κ3) is 2.70. The number of benzene rings is 2. The number of fused-ring (bicyclic) bond motifs is 1. The number of halogens is 2. The lowest BCUT2D eigenvalue weighted by molar-refractivity contribution is 0.0699. The third-order valence-corrected chi connectivity index (χ3v) is 3.82. The van der Waals surface area contributed by atoms with Gasteiger partial charge in [-0.3, -0.25) is 0 Å². The van der Waals surface area contributed by atoms with E-state index in [1.807, 2.05) is 24.6 Å². The van der Waals surface area contributed by atoms with Crippen molar-refractivity contribution in [2.75, 3.05) is 0 Å². The molecule has 1 N–H and O–H groups in total. The zero-order valence-electron chi connectivity index (χ0n) is 12.7. The topological polar surface area (TPSA) is 42.2 Å². The molecule has 5 heteroatoms. The van der Waals surface area contributed by atoms with E-state index in [1.54, 1.807) is 12.1 Å². The Balaban J connectivity index is 2.33. The first kappa shape index (κ1) is 15.2. The number of nitrogens with zero attached hydrogens (tertiary/aromatic N) is 1. The summed E-state index contributed by atoms with van der Waals surface area (Å²) in [6, 6.07) is 8.26. The van der Waals surface area contributed by atoms with E-state index in [2.05, 4.69) is 0 Å². The maximum atomic E-state index is 13.5. The van der Waals surface area contributed by atoms with E-state index in [9.17, 15) is 18.7 Å². The largest absolute Gasteiger partial charge is 0.478 e. The molecule has 0 aliphatic heterocycles. The summed E-state index contributed by atoms with van der Waals surface area (Å²) in [5.74, 6) is -2.47. The van der Waals surface area contributed by atoms with Gasteiger partial charge in [-0.25, -0.2) is 13.6 Å². The fraction of sp³-hybridized carbons (Fsp3) is 0.167. The first-order valence-corrected chi connectivity index (χ1v) is 7.21. The maximum Gasteiger partial charge on any atom is 0.336 e. The van der Waals surface area contributed by atoms with Gasteiger partial charge >= 0.3 is 5.97 Å². The van der Waals surface area contributed by atoms with Crippen LogP contribution in [0.5, 0.6) is 0 Å². The number of aromatic carboxylic acids is 1. The second-order valence-corrected chi connectivity index (χ2v) is 5.74. The molecule has 23 heavy (non-hydrogen) atoms. The van der Waals surface area contributed by atoms with Crippen LogP contribution in [0.15, 0.2) is 42.6 Å². The number of hydrogen-bond acceptors (Lipinski definition) is 1. The Morgan fingerprint density at radius 3 is 2.22 bits per heavy atom. The predicted molar refractivity (Wildman–Crippen MR) is 84.6 cm³/mol. The standard InChI is InChI=1S/C18H15F2NO2/c1-10(2)21-4-3-15-16(18(22)23)7-12(8-17(15)21)11-5-13(19)9-14(20)6-11/h3-10H,1-2H3,(H,22,23). The van der Waals surface area contributed by atoms with Crippen LogP contribution >= 0.6 is 0 Å². The molecule has 0 aliphatic rings. The van der Waals surface area contributed by atoms with Crippen LogP contribution in [-0.2, 0) is 0 Å². The summed E-state index contributed by atoms with van der Waals surface area (Å²) in [5, 5.41) is 10.1. The van der Waals surface area contributed by atoms with Crippen molar-refractivity contribution in [1.29, 1.82) is 0 Å². The lowest BCUT2D eigenvalue weighted by atomic mass is 10.00. The molecule has 0 saturated carbocycles. The minimum atomic E-state index is -1.07. The van der Waals surface area contributed by atoms with Crippen molar-refractivity contribution >= 4 is 16.9 Å². The Morgan fingerprint density at radius 2 is 1.65 bits per heavy atom. The monoisotopic (exact) mass is 315 g/mol. The van der Waals surface area contributed by atoms with Gasteiger partial charge in [0.1, 0.15) is 11.6 Å². The molecule has 0 radical (unpaired) electrons. The van der Waals surface area contributed by atoms with Gasteiger partial charge in [-0.1, -0.05) is 0 Å². The molecule has 2 aromatic carbocycles. The first-order chi connectivity index (χ1) is 10.9. The summed E-state index contributed by atoms with van der Waals surface area (Å²) < 4.78 is 28.9. The molecule has 0 unspecified atom stereocenters. The van der Waals surface area contributed by atoms with E-state index in [1.165, 1.54) is 18.2 Å². The van der Waals surface area contributed by atoms with Crippen molar-refractivity contribution in [3.05, 3.63) is 59.8 Å². The highest BCUT2D eigenvalue weighted by atomic mass is 19.1. The van der Waals surface area contributed by atoms with Crippen molar-refractivity contribution in [2.45, 2.75) is 19.9 Å². The normalized spacial score (nSPS) is 11.3. The molecule has 0 atom stereocenters. The van der Waals surface area contributed by atoms with E-state index in [-0.39, 0.29) is 11.6 Å². The molecule has 0 saturated heterocycles. The summed E-state index contributed by atoms with van der Waals surface area (Å²) >= 11 is 0. The molecule has 118 valence electrons. The summed E-state index contributed by atoms with van der Waals surface area (Å²) in [7, 11) is 0. The van der Waals surface area contributed by atoms with Crippen LogP contribution in [0.4, 0.5) is 8.78 Å². The van der Waals surface area contributed by atoms with E-state index < -0.39 is 17.6 Å². The molecule has 0 amide bonds. The van der Waals surface area contributed by atoms with E-state index in [0.717, 1.165) is 11.6 Å². The molecular weight excluding hydrogens is 300 g/mol. The Bertz CT molecular complexity index is 893. The molecule has 0 spiro atoms. The lowest BCUT2D eigenvalue weighted by Crippen LogP contribution is -2.01. The van der Waals surface area contributed by atoms with E-state index in [0.29, 0.717) is 16.5 Å². The van der Waals surface area contributed by atoms with Gasteiger partial charge in [-0.2, -0.15) is 0 Å². The Morgan fingerprint density at radius 1 is 1.04 bits per heavy atom. The minimum absolute atomic E-state index is 0.113. The number of aromatic nitrogens is 1. The van der Waals surface area contributed by atoms with Crippen LogP contribution in [0.2, 0.25) is 0 Å². The summed E-state index contributed by atoms with van der Waals surface area (Å²) in [6.45, 7) is 3.96. The average Bonchev–Trinajstić information content (AvgIpc) is 2.88. The number of carboxylic acid groups (broad SMARTS) is 1. The van der Waals surface area contributed by atoms with Crippen molar-refractivity contribution in [2.24, 2.45) is 0 Å². The molecule has 3 rings (SSSR count). The smallest absolute Gasteiger partial charge is 0.336 e.